The van der Waals surface area contributed by atoms with Gasteiger partial charge in [0.1, 0.15) is 5.82 Å². The summed E-state index contributed by atoms with van der Waals surface area (Å²) in [5, 5.41) is 3.45. The first-order valence-corrected chi connectivity index (χ1v) is 6.00. The van der Waals surface area contributed by atoms with Gasteiger partial charge < -0.3 is 14.8 Å². The van der Waals surface area contributed by atoms with Crippen molar-refractivity contribution in [1.82, 2.24) is 19.8 Å². The number of nitrogens with zero attached hydrogens (tertiary/aromatic N) is 3. The fraction of sp³-hybridized carbons (Fsp3) is 0.750. The predicted molar refractivity (Wildman–Crippen MR) is 67.6 cm³/mol. The summed E-state index contributed by atoms with van der Waals surface area (Å²) in [6.07, 6.45) is 3.87. The molecule has 4 heteroatoms. The average Bonchev–Trinajstić information content (AvgIpc) is 2.63. The van der Waals surface area contributed by atoms with E-state index in [0.29, 0.717) is 6.04 Å². The molecule has 1 rings (SSSR count). The third-order valence-electron chi connectivity index (χ3n) is 2.98. The van der Waals surface area contributed by atoms with Gasteiger partial charge in [-0.05, 0) is 27.8 Å². The van der Waals surface area contributed by atoms with Gasteiger partial charge in [0.05, 0.1) is 0 Å². The Labute approximate surface area is 98.7 Å². The third kappa shape index (κ3) is 4.33. The van der Waals surface area contributed by atoms with Crippen LogP contribution in [0.5, 0.6) is 0 Å². The summed E-state index contributed by atoms with van der Waals surface area (Å²) in [5.74, 6) is 1.08. The molecule has 0 saturated heterocycles. The van der Waals surface area contributed by atoms with Gasteiger partial charge in [0.2, 0.25) is 0 Å². The van der Waals surface area contributed by atoms with E-state index >= 15 is 0 Å². The van der Waals surface area contributed by atoms with Crippen LogP contribution in [0.3, 0.4) is 0 Å². The first-order chi connectivity index (χ1) is 7.61. The van der Waals surface area contributed by atoms with Crippen molar-refractivity contribution < 1.29 is 0 Å². The molecule has 0 fully saturated rings. The molecule has 0 atom stereocenters. The summed E-state index contributed by atoms with van der Waals surface area (Å²) >= 11 is 0. The molecule has 0 bridgehead atoms. The highest BCUT2D eigenvalue weighted by Gasteiger charge is 2.01. The monoisotopic (exact) mass is 224 g/mol. The summed E-state index contributed by atoms with van der Waals surface area (Å²) in [4.78, 5) is 6.54. The third-order valence-corrected chi connectivity index (χ3v) is 2.98. The van der Waals surface area contributed by atoms with Crippen molar-refractivity contribution in [2.24, 2.45) is 0 Å². The number of nitrogens with one attached hydrogen (secondary N) is 1. The van der Waals surface area contributed by atoms with Gasteiger partial charge in [-0.1, -0.05) is 0 Å². The number of aromatic nitrogens is 2. The molecule has 1 heterocycles. The van der Waals surface area contributed by atoms with E-state index in [-0.39, 0.29) is 0 Å². The maximum atomic E-state index is 4.19. The Kier molecular flexibility index (Phi) is 5.49. The molecule has 0 saturated carbocycles. The van der Waals surface area contributed by atoms with Gasteiger partial charge in [-0.3, -0.25) is 0 Å². The maximum Gasteiger partial charge on any atom is 0.105 e. The Bertz CT molecular complexity index is 293. The second-order valence-electron chi connectivity index (χ2n) is 4.49. The highest BCUT2D eigenvalue weighted by molar-refractivity contribution is 4.88. The van der Waals surface area contributed by atoms with Crippen LogP contribution < -0.4 is 5.32 Å². The maximum absolute atomic E-state index is 4.19. The van der Waals surface area contributed by atoms with Crippen LogP contribution in [0.2, 0.25) is 0 Å². The number of hydrogen-bond acceptors (Lipinski definition) is 3. The highest BCUT2D eigenvalue weighted by Crippen LogP contribution is 1.93. The summed E-state index contributed by atoms with van der Waals surface area (Å²) in [5.41, 5.74) is 0. The molecule has 1 aromatic heterocycles. The lowest BCUT2D eigenvalue weighted by Gasteiger charge is -2.20. The van der Waals surface area contributed by atoms with Crippen molar-refractivity contribution in [3.63, 3.8) is 0 Å². The highest BCUT2D eigenvalue weighted by atomic mass is 15.1. The number of hydrogen-bond donors (Lipinski definition) is 1. The lowest BCUT2D eigenvalue weighted by atomic mass is 10.3. The van der Waals surface area contributed by atoms with Crippen LogP contribution in [-0.4, -0.2) is 47.2 Å². The number of rotatable bonds is 7. The number of imidazole rings is 1. The van der Waals surface area contributed by atoms with Gasteiger partial charge in [0, 0.05) is 44.6 Å². The predicted octanol–water partition coefficient (Wildman–Crippen LogP) is 1.12. The molecule has 0 spiro atoms. The molecule has 0 amide bonds. The second-order valence-corrected chi connectivity index (χ2v) is 4.49. The minimum absolute atomic E-state index is 0.623. The Morgan fingerprint density at radius 1 is 1.44 bits per heavy atom. The molecule has 1 N–H and O–H groups in total. The molecule has 1 aromatic rings. The van der Waals surface area contributed by atoms with Crippen molar-refractivity contribution >= 4 is 0 Å². The van der Waals surface area contributed by atoms with Crippen LogP contribution in [0, 0.1) is 6.92 Å². The van der Waals surface area contributed by atoms with Crippen LogP contribution in [0.25, 0.3) is 0 Å². The molecule has 16 heavy (non-hydrogen) atoms. The minimum Gasteiger partial charge on any atom is -0.334 e. The summed E-state index contributed by atoms with van der Waals surface area (Å²) < 4.78 is 2.17. The fourth-order valence-electron chi connectivity index (χ4n) is 1.48. The van der Waals surface area contributed by atoms with Crippen LogP contribution >= 0.6 is 0 Å². The van der Waals surface area contributed by atoms with E-state index in [0.717, 1.165) is 32.0 Å². The molecule has 92 valence electrons. The molecular formula is C12H24N4. The van der Waals surface area contributed by atoms with Crippen LogP contribution in [0.1, 0.15) is 19.7 Å². The molecule has 0 radical (unpaired) electrons. The van der Waals surface area contributed by atoms with Gasteiger partial charge in [0.25, 0.3) is 0 Å². The van der Waals surface area contributed by atoms with Gasteiger partial charge >= 0.3 is 0 Å². The molecule has 0 aromatic carbocycles. The molecule has 4 nitrogen and oxygen atoms in total. The van der Waals surface area contributed by atoms with E-state index in [9.17, 15) is 0 Å². The first kappa shape index (κ1) is 13.2. The molecule has 0 aliphatic rings. The van der Waals surface area contributed by atoms with Crippen LogP contribution in [0.15, 0.2) is 12.4 Å². The molecule has 0 unspecified atom stereocenters. The van der Waals surface area contributed by atoms with Crippen molar-refractivity contribution in [2.45, 2.75) is 33.4 Å². The van der Waals surface area contributed by atoms with Gasteiger partial charge in [-0.25, -0.2) is 4.98 Å². The quantitative estimate of drug-likeness (QED) is 0.705. The summed E-state index contributed by atoms with van der Waals surface area (Å²) in [6, 6.07) is 0.623. The van der Waals surface area contributed by atoms with Gasteiger partial charge in [-0.15, -0.1) is 0 Å². The number of aryl methyl sites for hydroxylation is 1. The van der Waals surface area contributed by atoms with E-state index in [1.165, 1.54) is 0 Å². The van der Waals surface area contributed by atoms with Crippen molar-refractivity contribution in [3.8, 4) is 0 Å². The molecule has 0 aliphatic heterocycles. The molecule has 0 aliphatic carbocycles. The first-order valence-electron chi connectivity index (χ1n) is 6.00. The lowest BCUT2D eigenvalue weighted by molar-refractivity contribution is 0.273. The van der Waals surface area contributed by atoms with E-state index < -0.39 is 0 Å². The second kappa shape index (κ2) is 6.66. The largest absolute Gasteiger partial charge is 0.334 e. The Hall–Kier alpha value is -0.870. The lowest BCUT2D eigenvalue weighted by Crippen LogP contribution is -2.34. The van der Waals surface area contributed by atoms with Crippen molar-refractivity contribution in [2.75, 3.05) is 26.7 Å². The van der Waals surface area contributed by atoms with Crippen LogP contribution in [0.4, 0.5) is 0 Å². The van der Waals surface area contributed by atoms with E-state index in [2.05, 4.69) is 40.7 Å². The zero-order valence-electron chi connectivity index (χ0n) is 10.9. The summed E-state index contributed by atoms with van der Waals surface area (Å²) in [6.45, 7) is 10.6. The molecular weight excluding hydrogens is 200 g/mol. The topological polar surface area (TPSA) is 33.1 Å². The Morgan fingerprint density at radius 2 is 2.19 bits per heavy atom. The van der Waals surface area contributed by atoms with Crippen molar-refractivity contribution in [1.29, 1.82) is 0 Å². The zero-order valence-corrected chi connectivity index (χ0v) is 10.9. The minimum atomic E-state index is 0.623. The van der Waals surface area contributed by atoms with Gasteiger partial charge in [0.15, 0.2) is 0 Å². The standard InChI is InChI=1S/C12H24N4/c1-11(2)15(4)8-5-13-6-9-16-10-7-14-12(16)3/h7,10-11,13H,5-6,8-9H2,1-4H3. The zero-order chi connectivity index (χ0) is 12.0. The summed E-state index contributed by atoms with van der Waals surface area (Å²) in [7, 11) is 2.16. The fourth-order valence-corrected chi connectivity index (χ4v) is 1.48. The van der Waals surface area contributed by atoms with Crippen LogP contribution in [-0.2, 0) is 6.54 Å². The van der Waals surface area contributed by atoms with E-state index in [1.807, 2.05) is 19.3 Å². The normalized spacial score (nSPS) is 11.6. The smallest absolute Gasteiger partial charge is 0.105 e. The van der Waals surface area contributed by atoms with Gasteiger partial charge in [-0.2, -0.15) is 0 Å². The van der Waals surface area contributed by atoms with E-state index in [4.69, 9.17) is 0 Å². The number of likely N-dealkylation sites (N-methyl/N-ethyl adjacent to an activating group) is 1. The Balaban J connectivity index is 2.07. The van der Waals surface area contributed by atoms with Crippen molar-refractivity contribution in [3.05, 3.63) is 18.2 Å². The van der Waals surface area contributed by atoms with E-state index in [1.54, 1.807) is 0 Å². The average molecular weight is 224 g/mol. The Morgan fingerprint density at radius 3 is 2.75 bits per heavy atom. The SMILES string of the molecule is Cc1nccn1CCNCCN(C)C(C)C.